The summed E-state index contributed by atoms with van der Waals surface area (Å²) in [5, 5.41) is 13.5. The summed E-state index contributed by atoms with van der Waals surface area (Å²) < 4.78 is 4.93. The molecule has 1 heterocycles. The van der Waals surface area contributed by atoms with Crippen molar-refractivity contribution < 1.29 is 4.74 Å². The Hall–Kier alpha value is -0.970. The summed E-state index contributed by atoms with van der Waals surface area (Å²) in [5.41, 5.74) is 0. The molecule has 0 amide bonds. The van der Waals surface area contributed by atoms with Crippen molar-refractivity contribution in [3.8, 4) is 0 Å². The second kappa shape index (κ2) is 5.65. The molecule has 5 nitrogen and oxygen atoms in total. The highest BCUT2D eigenvalue weighted by molar-refractivity contribution is 4.74. The van der Waals surface area contributed by atoms with Gasteiger partial charge in [-0.15, -0.1) is 5.10 Å². The average Bonchev–Trinajstić information content (AvgIpc) is 2.57. The largest absolute Gasteiger partial charge is 0.385 e. The highest BCUT2D eigenvalue weighted by Gasteiger charge is 1.95. The Morgan fingerprint density at radius 2 is 2.25 bits per heavy atom. The molecule has 0 radical (unpaired) electrons. The lowest BCUT2D eigenvalue weighted by Gasteiger charge is -1.97. The second-order valence-corrected chi connectivity index (χ2v) is 2.65. The maximum atomic E-state index is 4.93. The fraction of sp³-hybridized carbons (Fsp3) is 0.857. The van der Waals surface area contributed by atoms with Crippen molar-refractivity contribution in [2.24, 2.45) is 0 Å². The lowest BCUT2D eigenvalue weighted by molar-refractivity contribution is 0.192. The summed E-state index contributed by atoms with van der Waals surface area (Å²) in [5.74, 6) is 0.868. The van der Waals surface area contributed by atoms with Gasteiger partial charge in [-0.1, -0.05) is 6.42 Å². The van der Waals surface area contributed by atoms with Gasteiger partial charge in [0.05, 0.1) is 0 Å². The zero-order valence-corrected chi connectivity index (χ0v) is 7.29. The molecule has 1 rings (SSSR count). The summed E-state index contributed by atoms with van der Waals surface area (Å²) >= 11 is 0. The molecule has 0 saturated heterocycles. The van der Waals surface area contributed by atoms with Crippen molar-refractivity contribution in [3.05, 3.63) is 5.82 Å². The Balaban J connectivity index is 1.96. The Morgan fingerprint density at radius 3 is 2.92 bits per heavy atom. The van der Waals surface area contributed by atoms with E-state index in [0.717, 1.165) is 38.1 Å². The standard InChI is InChI=1S/C7H14N4O/c1-12-6-4-2-3-5-7-8-10-11-9-7/h2-6H2,1H3,(H,8,9,10,11). The molecule has 0 aliphatic heterocycles. The van der Waals surface area contributed by atoms with E-state index < -0.39 is 0 Å². The van der Waals surface area contributed by atoms with Crippen LogP contribution in [0.2, 0.25) is 0 Å². The fourth-order valence-electron chi connectivity index (χ4n) is 1.00. The van der Waals surface area contributed by atoms with E-state index in [1.165, 1.54) is 0 Å². The van der Waals surface area contributed by atoms with Crippen LogP contribution in [0.4, 0.5) is 0 Å². The van der Waals surface area contributed by atoms with Gasteiger partial charge in [-0.3, -0.25) is 0 Å². The summed E-state index contributed by atoms with van der Waals surface area (Å²) in [4.78, 5) is 0. The number of nitrogens with zero attached hydrogens (tertiary/aromatic N) is 3. The van der Waals surface area contributed by atoms with Crippen LogP contribution in [0.25, 0.3) is 0 Å². The molecule has 0 unspecified atom stereocenters. The summed E-state index contributed by atoms with van der Waals surface area (Å²) in [6.07, 6.45) is 4.31. The molecule has 0 bridgehead atoms. The van der Waals surface area contributed by atoms with E-state index in [9.17, 15) is 0 Å². The van der Waals surface area contributed by atoms with Crippen LogP contribution < -0.4 is 0 Å². The predicted octanol–water partition coefficient (Wildman–Crippen LogP) is 0.559. The topological polar surface area (TPSA) is 63.7 Å². The van der Waals surface area contributed by atoms with Crippen LogP contribution in [0, 0.1) is 0 Å². The predicted molar refractivity (Wildman–Crippen MR) is 43.6 cm³/mol. The first-order valence-corrected chi connectivity index (χ1v) is 4.15. The first-order chi connectivity index (χ1) is 5.93. The number of aryl methyl sites for hydroxylation is 1. The van der Waals surface area contributed by atoms with E-state index >= 15 is 0 Å². The van der Waals surface area contributed by atoms with Gasteiger partial charge in [0.2, 0.25) is 0 Å². The molecule has 5 heteroatoms. The van der Waals surface area contributed by atoms with Gasteiger partial charge in [0, 0.05) is 20.1 Å². The van der Waals surface area contributed by atoms with Crippen LogP contribution in [0.15, 0.2) is 0 Å². The molecule has 0 atom stereocenters. The molecule has 0 aromatic carbocycles. The van der Waals surface area contributed by atoms with E-state index in [-0.39, 0.29) is 0 Å². The number of unbranched alkanes of at least 4 members (excludes halogenated alkanes) is 2. The molecule has 0 aliphatic rings. The smallest absolute Gasteiger partial charge is 0.148 e. The molecule has 1 aromatic heterocycles. The fourth-order valence-corrected chi connectivity index (χ4v) is 1.00. The van der Waals surface area contributed by atoms with Gasteiger partial charge >= 0.3 is 0 Å². The molecule has 12 heavy (non-hydrogen) atoms. The molecule has 0 saturated carbocycles. The summed E-state index contributed by atoms with van der Waals surface area (Å²) in [6.45, 7) is 0.842. The SMILES string of the molecule is COCCCCCc1nnn[nH]1. The van der Waals surface area contributed by atoms with E-state index in [0.29, 0.717) is 0 Å². The summed E-state index contributed by atoms with van der Waals surface area (Å²) in [7, 11) is 1.72. The van der Waals surface area contributed by atoms with Crippen LogP contribution in [0.3, 0.4) is 0 Å². The molecule has 1 N–H and O–H groups in total. The Kier molecular flexibility index (Phi) is 4.30. The number of aromatic nitrogens is 4. The Labute approximate surface area is 71.5 Å². The van der Waals surface area contributed by atoms with Gasteiger partial charge in [0.15, 0.2) is 0 Å². The minimum Gasteiger partial charge on any atom is -0.385 e. The molecular formula is C7H14N4O. The normalized spacial score (nSPS) is 10.4. The first kappa shape index (κ1) is 9.12. The third-order valence-corrected chi connectivity index (χ3v) is 1.65. The van der Waals surface area contributed by atoms with Gasteiger partial charge in [-0.25, -0.2) is 5.10 Å². The van der Waals surface area contributed by atoms with E-state index in [4.69, 9.17) is 4.74 Å². The van der Waals surface area contributed by atoms with Gasteiger partial charge in [0.25, 0.3) is 0 Å². The Bertz CT molecular complexity index is 187. The van der Waals surface area contributed by atoms with Gasteiger partial charge < -0.3 is 4.74 Å². The highest BCUT2D eigenvalue weighted by atomic mass is 16.5. The zero-order valence-electron chi connectivity index (χ0n) is 7.29. The van der Waals surface area contributed by atoms with Gasteiger partial charge in [-0.2, -0.15) is 0 Å². The van der Waals surface area contributed by atoms with Crippen molar-refractivity contribution in [2.75, 3.05) is 13.7 Å². The monoisotopic (exact) mass is 170 g/mol. The first-order valence-electron chi connectivity index (χ1n) is 4.15. The van der Waals surface area contributed by atoms with E-state index in [1.54, 1.807) is 7.11 Å². The van der Waals surface area contributed by atoms with Crippen molar-refractivity contribution in [1.29, 1.82) is 0 Å². The molecule has 1 aromatic rings. The van der Waals surface area contributed by atoms with E-state index in [1.807, 2.05) is 0 Å². The number of nitrogens with one attached hydrogen (secondary N) is 1. The minimum atomic E-state index is 0.842. The molecule has 0 fully saturated rings. The second-order valence-electron chi connectivity index (χ2n) is 2.65. The van der Waals surface area contributed by atoms with Crippen molar-refractivity contribution in [2.45, 2.75) is 25.7 Å². The third-order valence-electron chi connectivity index (χ3n) is 1.65. The molecule has 0 spiro atoms. The molecular weight excluding hydrogens is 156 g/mol. The average molecular weight is 170 g/mol. The van der Waals surface area contributed by atoms with Crippen molar-refractivity contribution >= 4 is 0 Å². The number of tetrazole rings is 1. The van der Waals surface area contributed by atoms with Crippen LogP contribution in [0.1, 0.15) is 25.1 Å². The summed E-state index contributed by atoms with van der Waals surface area (Å²) in [6, 6.07) is 0. The molecule has 68 valence electrons. The van der Waals surface area contributed by atoms with Crippen molar-refractivity contribution in [3.63, 3.8) is 0 Å². The number of H-pyrrole nitrogens is 1. The van der Waals surface area contributed by atoms with Crippen LogP contribution in [-0.2, 0) is 11.2 Å². The lowest BCUT2D eigenvalue weighted by atomic mass is 10.2. The van der Waals surface area contributed by atoms with Gasteiger partial charge in [0.1, 0.15) is 5.82 Å². The Morgan fingerprint density at radius 1 is 1.33 bits per heavy atom. The zero-order chi connectivity index (χ0) is 8.65. The van der Waals surface area contributed by atoms with Crippen molar-refractivity contribution in [1.82, 2.24) is 20.6 Å². The third kappa shape index (κ3) is 3.43. The number of aromatic amines is 1. The number of hydrogen-bond acceptors (Lipinski definition) is 4. The number of methoxy groups -OCH3 is 1. The maximum absolute atomic E-state index is 4.93. The number of hydrogen-bond donors (Lipinski definition) is 1. The van der Waals surface area contributed by atoms with E-state index in [2.05, 4.69) is 20.6 Å². The van der Waals surface area contributed by atoms with Crippen LogP contribution in [0.5, 0.6) is 0 Å². The maximum Gasteiger partial charge on any atom is 0.148 e. The number of ether oxygens (including phenoxy) is 1. The van der Waals surface area contributed by atoms with Crippen LogP contribution >= 0.6 is 0 Å². The minimum absolute atomic E-state index is 0.842. The van der Waals surface area contributed by atoms with Gasteiger partial charge in [-0.05, 0) is 23.3 Å². The quantitative estimate of drug-likeness (QED) is 0.633. The van der Waals surface area contributed by atoms with Crippen LogP contribution in [-0.4, -0.2) is 34.3 Å². The molecule has 0 aliphatic carbocycles. The number of rotatable bonds is 6. The highest BCUT2D eigenvalue weighted by Crippen LogP contribution is 1.99. The lowest BCUT2D eigenvalue weighted by Crippen LogP contribution is -1.92.